The maximum Gasteiger partial charge on any atom is 0.326 e. The van der Waals surface area contributed by atoms with E-state index in [0.717, 1.165) is 6.92 Å². The molecule has 0 aliphatic rings. The van der Waals surface area contributed by atoms with Crippen LogP contribution in [0.2, 0.25) is 0 Å². The van der Waals surface area contributed by atoms with Gasteiger partial charge in [0, 0.05) is 38.4 Å². The number of carbonyl (C=O) groups excluding carboxylic acids is 16. The summed E-state index contributed by atoms with van der Waals surface area (Å²) < 4.78 is 0. The normalized spacial score (nSPS) is 14.7. The Hall–Kier alpha value is -11.8. The number of amides is 16. The van der Waals surface area contributed by atoms with Gasteiger partial charge in [0.05, 0.1) is 32.7 Å². The van der Waals surface area contributed by atoms with Gasteiger partial charge in [-0.1, -0.05) is 125 Å². The molecule has 3 aromatic rings. The zero-order valence-electron chi connectivity index (χ0n) is 69.1. The summed E-state index contributed by atoms with van der Waals surface area (Å²) in [7, 11) is 0. The Morgan fingerprint density at radius 1 is 0.393 bits per heavy atom. The van der Waals surface area contributed by atoms with Gasteiger partial charge >= 0.3 is 17.9 Å². The van der Waals surface area contributed by atoms with Gasteiger partial charge in [0.1, 0.15) is 84.6 Å². The van der Waals surface area contributed by atoms with Crippen molar-refractivity contribution in [2.45, 2.75) is 204 Å². The van der Waals surface area contributed by atoms with Crippen molar-refractivity contribution in [1.82, 2.24) is 85.1 Å². The summed E-state index contributed by atoms with van der Waals surface area (Å²) in [4.78, 5) is 255. The zero-order chi connectivity index (χ0) is 91.3. The summed E-state index contributed by atoms with van der Waals surface area (Å²) in [6, 6.07) is 2.25. The highest BCUT2D eigenvalue weighted by molar-refractivity contribution is 7.98. The Kier molecular flexibility index (Phi) is 47.2. The maximum absolute atomic E-state index is 14.7. The summed E-state index contributed by atoms with van der Waals surface area (Å²) >= 11 is 5.53. The van der Waals surface area contributed by atoms with Crippen LogP contribution >= 0.6 is 24.4 Å². The van der Waals surface area contributed by atoms with Gasteiger partial charge in [0.25, 0.3) is 0 Å². The Morgan fingerprint density at radius 3 is 1.21 bits per heavy atom. The van der Waals surface area contributed by atoms with Crippen molar-refractivity contribution in [3.63, 3.8) is 0 Å². The number of carboxylic acid groups (broad SMARTS) is 3. The second-order valence-corrected chi connectivity index (χ2v) is 30.3. The van der Waals surface area contributed by atoms with Crippen molar-refractivity contribution in [1.29, 1.82) is 0 Å². The van der Waals surface area contributed by atoms with E-state index in [2.05, 4.69) is 97.7 Å². The van der Waals surface area contributed by atoms with Gasteiger partial charge in [-0.25, -0.2) is 4.79 Å². The van der Waals surface area contributed by atoms with Crippen molar-refractivity contribution >= 4 is 137 Å². The van der Waals surface area contributed by atoms with E-state index >= 15 is 0 Å². The van der Waals surface area contributed by atoms with E-state index in [1.807, 2.05) is 0 Å². The number of hydrogen-bond donors (Lipinski definition) is 23. The molecule has 0 saturated heterocycles. The standard InChI is InChI=1S/C79H115N17O24S2/c1-9-43(4)65(96-75(115)57(39-97)85-61(101)37-81-46(7)99)77(117)82-38-60(100)83-44(5)66(106)84-45(6)67(107)93-58(40-98)74(114)87-51(30-32-122-8)69(109)86-50(28-29-62(102)103)68(108)89-54(34-48-23-15-11-16-24-48)72(112)94-59(41-121)76(116)90-53(33-47-21-13-10-14-22-47)71(111)91-56(36-63(104)105)73(113)95-64(42(2)3)78(118)92-55(35-49-25-17-12-18-26-49)70(110)88-52(79(119)120)27-19-20-31-80/h10-18,21-26,42-45,50-59,64-65,97-98,121H,9,19-20,27-41,80H2,1-8H3,(H,81,99)(H,82,117)(H,83,100)(H,84,106)(H,85,101)(H,86,109)(H,87,114)(H,88,110)(H,89,108)(H,90,116)(H,91,111)(H,92,118)(H,93,107)(H,94,112)(H,95,113)(H,96,115)(H,102,103)(H,104,105)(H,119,120)/t43-,44-,45-,50-,51-,52-,53-,54-,55-,56-,57-,58-,59-,64-,65-/m0/s1. The second kappa shape index (κ2) is 55.2. The van der Waals surface area contributed by atoms with Crippen molar-refractivity contribution in [2.75, 3.05) is 50.6 Å². The molecule has 0 unspecified atom stereocenters. The van der Waals surface area contributed by atoms with Gasteiger partial charge in [-0.05, 0) is 93.0 Å². The van der Waals surface area contributed by atoms with E-state index in [1.54, 1.807) is 111 Å². The third-order valence-corrected chi connectivity index (χ3v) is 19.8. The number of rotatable bonds is 56. The second-order valence-electron chi connectivity index (χ2n) is 29.0. The molecule has 0 saturated carbocycles. The lowest BCUT2D eigenvalue weighted by Gasteiger charge is -2.29. The molecule has 672 valence electrons. The molecule has 3 rings (SSSR count). The fourth-order valence-corrected chi connectivity index (χ4v) is 12.4. The topological polar surface area (TPSA) is 644 Å². The number of carboxylic acids is 3. The number of aliphatic carboxylic acids is 3. The quantitative estimate of drug-likeness (QED) is 0.0185. The number of nitrogens with one attached hydrogen (secondary N) is 16. The molecule has 3 aromatic carbocycles. The number of benzene rings is 3. The maximum atomic E-state index is 14.7. The Morgan fingerprint density at radius 2 is 0.770 bits per heavy atom. The lowest BCUT2D eigenvalue weighted by Crippen LogP contribution is -2.62. The largest absolute Gasteiger partial charge is 0.481 e. The summed E-state index contributed by atoms with van der Waals surface area (Å²) in [5, 5.41) is 88.5. The predicted molar refractivity (Wildman–Crippen MR) is 445 cm³/mol. The number of aliphatic hydroxyl groups is 2. The van der Waals surface area contributed by atoms with E-state index in [0.29, 0.717) is 36.0 Å². The smallest absolute Gasteiger partial charge is 0.326 e. The fourth-order valence-electron chi connectivity index (χ4n) is 11.6. The minimum Gasteiger partial charge on any atom is -0.481 e. The van der Waals surface area contributed by atoms with Crippen LogP contribution in [0.4, 0.5) is 0 Å². The molecule has 15 atom stereocenters. The lowest BCUT2D eigenvalue weighted by molar-refractivity contribution is -0.142. The van der Waals surface area contributed by atoms with Crippen molar-refractivity contribution in [3.8, 4) is 0 Å². The molecule has 0 bridgehead atoms. The molecule has 122 heavy (non-hydrogen) atoms. The van der Waals surface area contributed by atoms with Crippen LogP contribution in [-0.4, -0.2) is 273 Å². The van der Waals surface area contributed by atoms with Crippen LogP contribution in [0, 0.1) is 11.8 Å². The third kappa shape index (κ3) is 38.3. The molecule has 0 fully saturated rings. The van der Waals surface area contributed by atoms with Gasteiger partial charge in [-0.3, -0.25) is 86.3 Å². The molecular formula is C79H115N17O24S2. The first kappa shape index (κ1) is 104. The van der Waals surface area contributed by atoms with Crippen LogP contribution in [0.1, 0.15) is 117 Å². The Labute approximate surface area is 714 Å². The molecular weight excluding hydrogens is 1640 g/mol. The van der Waals surface area contributed by atoms with Crippen LogP contribution in [0.5, 0.6) is 0 Å². The highest BCUT2D eigenvalue weighted by Gasteiger charge is 2.39. The summed E-state index contributed by atoms with van der Waals surface area (Å²) in [5.41, 5.74) is 7.00. The molecule has 0 aromatic heterocycles. The predicted octanol–water partition coefficient (Wildman–Crippen LogP) is -5.28. The van der Waals surface area contributed by atoms with E-state index in [4.69, 9.17) is 5.73 Å². The molecule has 43 heteroatoms. The molecule has 41 nitrogen and oxygen atoms in total. The highest BCUT2D eigenvalue weighted by Crippen LogP contribution is 2.15. The van der Waals surface area contributed by atoms with Crippen LogP contribution in [0.15, 0.2) is 91.0 Å². The molecule has 0 spiro atoms. The fraction of sp³-hybridized carbons (Fsp3) is 0.532. The van der Waals surface area contributed by atoms with Gasteiger partial charge in [0.2, 0.25) is 94.5 Å². The number of thiol groups is 1. The van der Waals surface area contributed by atoms with Crippen LogP contribution in [0.3, 0.4) is 0 Å². The molecule has 0 heterocycles. The van der Waals surface area contributed by atoms with Crippen LogP contribution < -0.4 is 90.8 Å². The summed E-state index contributed by atoms with van der Waals surface area (Å²) in [6.07, 6.45) is -0.638. The third-order valence-electron chi connectivity index (χ3n) is 18.8. The monoisotopic (exact) mass is 1750 g/mol. The van der Waals surface area contributed by atoms with E-state index < -0.39 is 260 Å². The molecule has 0 radical (unpaired) electrons. The van der Waals surface area contributed by atoms with Gasteiger partial charge in [0.15, 0.2) is 0 Å². The van der Waals surface area contributed by atoms with Crippen molar-refractivity contribution in [2.24, 2.45) is 17.6 Å². The summed E-state index contributed by atoms with van der Waals surface area (Å²) in [5.74, 6) is -21.9. The van der Waals surface area contributed by atoms with Crippen LogP contribution in [0.25, 0.3) is 0 Å². The molecule has 16 amide bonds. The molecule has 0 aliphatic carbocycles. The number of carbonyl (C=O) groups is 19. The average Bonchev–Trinajstić information content (AvgIpc) is 0.846. The van der Waals surface area contributed by atoms with Crippen molar-refractivity contribution < 1.29 is 117 Å². The SMILES string of the molecule is CC[C@H](C)[C@H](NC(=O)[C@H](CO)NC(=O)CNC(C)=O)C(=O)NCC(=O)N[C@@H](C)C(=O)N[C@@H](C)C(=O)N[C@@H](CO)C(=O)N[C@@H](CCSC)C(=O)N[C@@H](CCC(=O)O)C(=O)N[C@@H](Cc1ccccc1)C(=O)N[C@@H](CS)C(=O)N[C@@H](Cc1ccccc1)C(=O)N[C@@H](CC(=O)O)C(=O)N[C@H](C(=O)N[C@@H](Cc1ccccc1)C(=O)N[C@@H](CCCCN)C(=O)O)C(C)C. The molecule has 23 N–H and O–H groups in total. The Balaban J connectivity index is 1.84. The first-order valence-electron chi connectivity index (χ1n) is 39.4. The van der Waals surface area contributed by atoms with Gasteiger partial charge in [-0.15, -0.1) is 0 Å². The number of unbranched alkanes of at least 4 members (excludes halogenated alkanes) is 1. The van der Waals surface area contributed by atoms with E-state index in [9.17, 15) is 117 Å². The highest BCUT2D eigenvalue weighted by atomic mass is 32.2. The number of aliphatic hydroxyl groups excluding tert-OH is 2. The number of nitrogens with two attached hydrogens (primary N) is 1. The van der Waals surface area contributed by atoms with Gasteiger partial charge in [-0.2, -0.15) is 24.4 Å². The van der Waals surface area contributed by atoms with Gasteiger partial charge < -0.3 is 116 Å². The van der Waals surface area contributed by atoms with Crippen molar-refractivity contribution in [3.05, 3.63) is 108 Å². The first-order valence-corrected chi connectivity index (χ1v) is 41.4. The first-order chi connectivity index (χ1) is 57.8. The lowest BCUT2D eigenvalue weighted by atomic mass is 9.98. The minimum atomic E-state index is -1.96. The van der Waals surface area contributed by atoms with Crippen LogP contribution in [-0.2, 0) is 110 Å². The minimum absolute atomic E-state index is 0.0172. The molecule has 0 aliphatic heterocycles. The Bertz CT molecular complexity index is 4050. The number of thioether (sulfide) groups is 1. The summed E-state index contributed by atoms with van der Waals surface area (Å²) in [6.45, 7) is 6.96. The average molecular weight is 1750 g/mol. The van der Waals surface area contributed by atoms with E-state index in [1.165, 1.54) is 39.5 Å². The number of hydrogen-bond acceptors (Lipinski definition) is 24. The zero-order valence-corrected chi connectivity index (χ0v) is 70.8. The van der Waals surface area contributed by atoms with E-state index in [-0.39, 0.29) is 44.4 Å².